The number of hydrogen-bond acceptors (Lipinski definition) is 0. The van der Waals surface area contributed by atoms with Crippen LogP contribution in [0.3, 0.4) is 0 Å². The average molecular weight is 156 g/mol. The molecule has 1 saturated carbocycles. The predicted octanol–water partition coefficient (Wildman–Crippen LogP) is 3.82. The van der Waals surface area contributed by atoms with Gasteiger partial charge in [0.1, 0.15) is 0 Å². The Balaban J connectivity index is 0.000001000. The third kappa shape index (κ3) is 1.60. The molecule has 1 aliphatic carbocycles. The molecule has 0 aromatic rings. The standard InChI is InChI=1S/C10H20.CH4/c1-6-7(2)9(4)10(5)8(6)3;/h6-10H,1-5H3;1H4. The molecule has 0 nitrogen and oxygen atoms in total. The minimum Gasteiger partial charge on any atom is -0.0776 e. The molecule has 1 rings (SSSR count). The lowest BCUT2D eigenvalue weighted by atomic mass is 9.92. The molecule has 0 spiro atoms. The molecule has 0 saturated heterocycles. The Labute approximate surface area is 72.4 Å². The van der Waals surface area contributed by atoms with Crippen LogP contribution in [0.5, 0.6) is 0 Å². The van der Waals surface area contributed by atoms with Gasteiger partial charge in [0.2, 0.25) is 0 Å². The molecular formula is C11H24. The van der Waals surface area contributed by atoms with E-state index in [-0.39, 0.29) is 7.43 Å². The molecule has 0 unspecified atom stereocenters. The van der Waals surface area contributed by atoms with E-state index in [0.29, 0.717) is 0 Å². The largest absolute Gasteiger partial charge is 0.0776 e. The van der Waals surface area contributed by atoms with E-state index in [1.54, 1.807) is 0 Å². The van der Waals surface area contributed by atoms with Crippen molar-refractivity contribution >= 4 is 0 Å². The summed E-state index contributed by atoms with van der Waals surface area (Å²) in [5.74, 6) is 4.68. The van der Waals surface area contributed by atoms with Crippen LogP contribution in [-0.4, -0.2) is 0 Å². The lowest BCUT2D eigenvalue weighted by molar-refractivity contribution is 0.352. The Morgan fingerprint density at radius 3 is 0.636 bits per heavy atom. The van der Waals surface area contributed by atoms with E-state index in [0.717, 1.165) is 29.6 Å². The highest BCUT2D eigenvalue weighted by Gasteiger charge is 2.38. The van der Waals surface area contributed by atoms with Gasteiger partial charge in [0, 0.05) is 0 Å². The van der Waals surface area contributed by atoms with Gasteiger partial charge in [0.05, 0.1) is 0 Å². The maximum absolute atomic E-state index is 2.40. The summed E-state index contributed by atoms with van der Waals surface area (Å²) in [5, 5.41) is 0. The first-order chi connectivity index (χ1) is 4.55. The van der Waals surface area contributed by atoms with Crippen LogP contribution in [0, 0.1) is 29.6 Å². The predicted molar refractivity (Wildman–Crippen MR) is 52.6 cm³/mol. The Bertz CT molecular complexity index is 72.4. The molecule has 0 heteroatoms. The Morgan fingerprint density at radius 1 is 0.455 bits per heavy atom. The highest BCUT2D eigenvalue weighted by molar-refractivity contribution is 4.86. The van der Waals surface area contributed by atoms with E-state index in [1.165, 1.54) is 0 Å². The number of hydrogen-bond donors (Lipinski definition) is 0. The summed E-state index contributed by atoms with van der Waals surface area (Å²) in [7, 11) is 0. The van der Waals surface area contributed by atoms with E-state index in [1.807, 2.05) is 0 Å². The summed E-state index contributed by atoms with van der Waals surface area (Å²) in [4.78, 5) is 0. The fraction of sp³-hybridized carbons (Fsp3) is 1.00. The molecule has 1 aliphatic rings. The third-order valence-electron chi connectivity index (χ3n) is 4.15. The molecule has 0 heterocycles. The van der Waals surface area contributed by atoms with Crippen molar-refractivity contribution in [3.05, 3.63) is 0 Å². The quantitative estimate of drug-likeness (QED) is 0.500. The SMILES string of the molecule is C.CC1C(C)C(C)C(C)C1C. The normalized spacial score (nSPS) is 50.5. The number of rotatable bonds is 0. The van der Waals surface area contributed by atoms with Gasteiger partial charge in [-0.25, -0.2) is 0 Å². The summed E-state index contributed by atoms with van der Waals surface area (Å²) in [6, 6.07) is 0. The first kappa shape index (κ1) is 11.0. The molecule has 0 atom stereocenters. The van der Waals surface area contributed by atoms with Crippen LogP contribution in [-0.2, 0) is 0 Å². The van der Waals surface area contributed by atoms with E-state index < -0.39 is 0 Å². The Hall–Kier alpha value is 0. The van der Waals surface area contributed by atoms with Gasteiger partial charge in [0.15, 0.2) is 0 Å². The van der Waals surface area contributed by atoms with Gasteiger partial charge in [-0.15, -0.1) is 0 Å². The zero-order valence-corrected chi connectivity index (χ0v) is 7.89. The van der Waals surface area contributed by atoms with Crippen molar-refractivity contribution < 1.29 is 0 Å². The Kier molecular flexibility index (Phi) is 3.60. The topological polar surface area (TPSA) is 0 Å². The molecule has 0 radical (unpaired) electrons. The smallest absolute Gasteiger partial charge is 0.0386 e. The van der Waals surface area contributed by atoms with Gasteiger partial charge in [0.25, 0.3) is 0 Å². The zero-order chi connectivity index (χ0) is 7.89. The van der Waals surface area contributed by atoms with Crippen LogP contribution in [0.4, 0.5) is 0 Å². The highest BCUT2D eigenvalue weighted by atomic mass is 14.4. The highest BCUT2D eigenvalue weighted by Crippen LogP contribution is 2.44. The van der Waals surface area contributed by atoms with Gasteiger partial charge in [-0.2, -0.15) is 0 Å². The second-order valence-electron chi connectivity index (χ2n) is 4.30. The van der Waals surface area contributed by atoms with Gasteiger partial charge in [-0.3, -0.25) is 0 Å². The Morgan fingerprint density at radius 2 is 0.545 bits per heavy atom. The second kappa shape index (κ2) is 3.60. The zero-order valence-electron chi connectivity index (χ0n) is 7.89. The molecule has 0 aromatic heterocycles. The van der Waals surface area contributed by atoms with Crippen LogP contribution in [0.2, 0.25) is 0 Å². The first-order valence-corrected chi connectivity index (χ1v) is 4.55. The van der Waals surface area contributed by atoms with E-state index in [2.05, 4.69) is 34.6 Å². The maximum atomic E-state index is 2.40. The van der Waals surface area contributed by atoms with Crippen molar-refractivity contribution in [2.24, 2.45) is 29.6 Å². The van der Waals surface area contributed by atoms with Crippen LogP contribution >= 0.6 is 0 Å². The van der Waals surface area contributed by atoms with Crippen molar-refractivity contribution in [2.75, 3.05) is 0 Å². The summed E-state index contributed by atoms with van der Waals surface area (Å²) in [5.41, 5.74) is 0. The minimum atomic E-state index is 0. The second-order valence-corrected chi connectivity index (χ2v) is 4.30. The van der Waals surface area contributed by atoms with Crippen LogP contribution in [0.15, 0.2) is 0 Å². The lowest BCUT2D eigenvalue weighted by Crippen LogP contribution is -2.07. The van der Waals surface area contributed by atoms with Crippen LogP contribution < -0.4 is 0 Å². The summed E-state index contributed by atoms with van der Waals surface area (Å²) >= 11 is 0. The fourth-order valence-corrected chi connectivity index (χ4v) is 2.39. The third-order valence-corrected chi connectivity index (χ3v) is 4.15. The van der Waals surface area contributed by atoms with Crippen molar-refractivity contribution in [3.8, 4) is 0 Å². The van der Waals surface area contributed by atoms with Crippen molar-refractivity contribution in [2.45, 2.75) is 42.0 Å². The summed E-state index contributed by atoms with van der Waals surface area (Å²) < 4.78 is 0. The van der Waals surface area contributed by atoms with Crippen molar-refractivity contribution in [1.82, 2.24) is 0 Å². The van der Waals surface area contributed by atoms with E-state index >= 15 is 0 Å². The van der Waals surface area contributed by atoms with Crippen molar-refractivity contribution in [1.29, 1.82) is 0 Å². The van der Waals surface area contributed by atoms with Gasteiger partial charge < -0.3 is 0 Å². The van der Waals surface area contributed by atoms with E-state index in [4.69, 9.17) is 0 Å². The van der Waals surface area contributed by atoms with Gasteiger partial charge in [-0.1, -0.05) is 42.0 Å². The van der Waals surface area contributed by atoms with Gasteiger partial charge in [-0.05, 0) is 29.6 Å². The summed E-state index contributed by atoms with van der Waals surface area (Å²) in [6.45, 7) is 12.0. The molecule has 0 bridgehead atoms. The molecule has 1 fully saturated rings. The molecule has 68 valence electrons. The van der Waals surface area contributed by atoms with Crippen LogP contribution in [0.25, 0.3) is 0 Å². The van der Waals surface area contributed by atoms with Crippen LogP contribution in [0.1, 0.15) is 42.0 Å². The fourth-order valence-electron chi connectivity index (χ4n) is 2.39. The molecule has 0 N–H and O–H groups in total. The average Bonchev–Trinajstić information content (AvgIpc) is 2.07. The van der Waals surface area contributed by atoms with Crippen molar-refractivity contribution in [3.63, 3.8) is 0 Å². The van der Waals surface area contributed by atoms with Gasteiger partial charge >= 0.3 is 0 Å². The first-order valence-electron chi connectivity index (χ1n) is 4.55. The maximum Gasteiger partial charge on any atom is -0.0386 e. The molecule has 0 amide bonds. The monoisotopic (exact) mass is 156 g/mol. The lowest BCUT2D eigenvalue weighted by Gasteiger charge is -2.14. The molecule has 0 aliphatic heterocycles. The molecule has 0 aromatic carbocycles. The van der Waals surface area contributed by atoms with E-state index in [9.17, 15) is 0 Å². The molecular weight excluding hydrogens is 132 g/mol. The minimum absolute atomic E-state index is 0. The summed E-state index contributed by atoms with van der Waals surface area (Å²) in [6.07, 6.45) is 0. The molecule has 11 heavy (non-hydrogen) atoms.